The minimum atomic E-state index is -0.971. The predicted octanol–water partition coefficient (Wildman–Crippen LogP) is 3.12. The average molecular weight is 490 g/mol. The molecule has 1 aliphatic rings. The Balaban J connectivity index is 0.00000342. The summed E-state index contributed by atoms with van der Waals surface area (Å²) in [6.07, 6.45) is 2.82. The van der Waals surface area contributed by atoms with Crippen molar-refractivity contribution in [3.05, 3.63) is 64.4 Å². The molecular formula is C26H31MgN3O5+2. The molecule has 1 fully saturated rings. The number of benzene rings is 2. The van der Waals surface area contributed by atoms with Crippen molar-refractivity contribution in [2.45, 2.75) is 45.3 Å². The fraction of sp³-hybridized carbons (Fsp3) is 0.423. The van der Waals surface area contributed by atoms with E-state index in [9.17, 15) is 14.7 Å². The van der Waals surface area contributed by atoms with Gasteiger partial charge in [0.05, 0.1) is 17.4 Å². The minimum Gasteiger partial charge on any atom is -0.492 e. The molecular weight excluding hydrogens is 459 g/mol. The number of rotatable bonds is 10. The number of carboxylic acid groups (broad SMARTS) is 1. The first-order valence-electron chi connectivity index (χ1n) is 11.9. The zero-order valence-corrected chi connectivity index (χ0v) is 21.6. The minimum absolute atomic E-state index is 0. The van der Waals surface area contributed by atoms with Crippen LogP contribution < -0.4 is 15.2 Å². The molecule has 35 heavy (non-hydrogen) atoms. The van der Waals surface area contributed by atoms with Crippen molar-refractivity contribution in [2.75, 3.05) is 31.2 Å². The molecule has 0 unspecified atom stereocenters. The fourth-order valence-electron chi connectivity index (χ4n) is 4.30. The number of hydrogen-bond acceptors (Lipinski definition) is 6. The molecule has 1 aromatic heterocycles. The van der Waals surface area contributed by atoms with Crippen molar-refractivity contribution < 1.29 is 19.4 Å². The third kappa shape index (κ3) is 6.74. The molecule has 0 bridgehead atoms. The Labute approximate surface area is 221 Å². The number of ether oxygens (including phenoxy) is 2. The molecule has 9 heteroatoms. The van der Waals surface area contributed by atoms with E-state index in [2.05, 4.69) is 4.90 Å². The molecule has 1 saturated heterocycles. The Kier molecular flexibility index (Phi) is 9.94. The molecule has 0 spiro atoms. The van der Waals surface area contributed by atoms with Crippen LogP contribution in [0.1, 0.15) is 31.7 Å². The third-order valence-electron chi connectivity index (χ3n) is 6.05. The van der Waals surface area contributed by atoms with Gasteiger partial charge in [0.15, 0.2) is 6.10 Å². The number of aliphatic carboxylic acids is 1. The number of carboxylic acids is 1. The van der Waals surface area contributed by atoms with Crippen molar-refractivity contribution in [1.29, 1.82) is 0 Å². The van der Waals surface area contributed by atoms with Gasteiger partial charge in [0.25, 0.3) is 5.56 Å². The Morgan fingerprint density at radius 2 is 1.80 bits per heavy atom. The second kappa shape index (κ2) is 12.9. The van der Waals surface area contributed by atoms with Crippen molar-refractivity contribution in [3.63, 3.8) is 0 Å². The molecule has 180 valence electrons. The maximum Gasteiger partial charge on any atom is 2.00 e. The van der Waals surface area contributed by atoms with Gasteiger partial charge in [-0.2, -0.15) is 0 Å². The summed E-state index contributed by atoms with van der Waals surface area (Å²) in [4.78, 5) is 31.6. The van der Waals surface area contributed by atoms with Crippen LogP contribution in [0.25, 0.3) is 10.9 Å². The van der Waals surface area contributed by atoms with E-state index >= 15 is 0 Å². The van der Waals surface area contributed by atoms with Crippen LogP contribution in [0.5, 0.6) is 5.75 Å². The van der Waals surface area contributed by atoms with Crippen molar-refractivity contribution in [3.8, 4) is 5.75 Å². The van der Waals surface area contributed by atoms with Gasteiger partial charge in [0.1, 0.15) is 12.4 Å². The predicted molar refractivity (Wildman–Crippen MR) is 137 cm³/mol. The Morgan fingerprint density at radius 1 is 1.09 bits per heavy atom. The topological polar surface area (TPSA) is 93.9 Å². The van der Waals surface area contributed by atoms with Crippen LogP contribution in [0.3, 0.4) is 0 Å². The third-order valence-corrected chi connectivity index (χ3v) is 6.05. The van der Waals surface area contributed by atoms with Crippen molar-refractivity contribution in [1.82, 2.24) is 9.55 Å². The van der Waals surface area contributed by atoms with Gasteiger partial charge >= 0.3 is 29.0 Å². The largest absolute Gasteiger partial charge is 2.00 e. The van der Waals surface area contributed by atoms with Crippen molar-refractivity contribution in [2.24, 2.45) is 0 Å². The molecule has 3 aromatic rings. The SMILES string of the molecule is CCO[C@@H](Cc1ccc(OCCn2c(N3CCCCC3)nc3ccccc3c2=O)cc1)C(=O)O.[Mg+2]. The summed E-state index contributed by atoms with van der Waals surface area (Å²) >= 11 is 0. The van der Waals surface area contributed by atoms with Gasteiger partial charge in [0.2, 0.25) is 5.95 Å². The number of aromatic nitrogens is 2. The number of fused-ring (bicyclic) bond motifs is 1. The number of carbonyl (C=O) groups is 1. The standard InChI is InChI=1S/C26H31N3O5.Mg/c1-2-33-23(25(31)32)18-19-10-12-20(13-11-19)34-17-16-29-24(30)21-8-4-5-9-22(21)27-26(29)28-14-6-3-7-15-28;/h4-5,8-13,23H,2-3,6-7,14-18H2,1H3,(H,31,32);/q;+2/t23-;/m0./s1. The van der Waals surface area contributed by atoms with Gasteiger partial charge in [-0.05, 0) is 56.0 Å². The van der Waals surface area contributed by atoms with Crippen LogP contribution in [0.15, 0.2) is 53.3 Å². The summed E-state index contributed by atoms with van der Waals surface area (Å²) < 4.78 is 12.9. The van der Waals surface area contributed by atoms with Crippen molar-refractivity contribution >= 4 is 45.9 Å². The Hall–Kier alpha value is -2.62. The van der Waals surface area contributed by atoms with Gasteiger partial charge in [-0.3, -0.25) is 9.36 Å². The molecule has 1 atom stereocenters. The summed E-state index contributed by atoms with van der Waals surface area (Å²) in [5, 5.41) is 9.87. The van der Waals surface area contributed by atoms with Crippen LogP contribution in [-0.2, 0) is 22.5 Å². The molecule has 8 nitrogen and oxygen atoms in total. The molecule has 1 aliphatic heterocycles. The van der Waals surface area contributed by atoms with E-state index in [1.54, 1.807) is 11.5 Å². The summed E-state index contributed by atoms with van der Waals surface area (Å²) in [5.41, 5.74) is 1.52. The number of piperidine rings is 1. The normalized spacial score (nSPS) is 14.4. The molecule has 2 aromatic carbocycles. The van der Waals surface area contributed by atoms with Gasteiger partial charge in [-0.1, -0.05) is 24.3 Å². The van der Waals surface area contributed by atoms with E-state index in [0.717, 1.165) is 31.5 Å². The van der Waals surface area contributed by atoms with Crippen LogP contribution in [0, 0.1) is 0 Å². The first-order chi connectivity index (χ1) is 16.6. The van der Waals surface area contributed by atoms with E-state index in [0.29, 0.717) is 48.8 Å². The summed E-state index contributed by atoms with van der Waals surface area (Å²) in [7, 11) is 0. The first-order valence-corrected chi connectivity index (χ1v) is 11.9. The van der Waals surface area contributed by atoms with E-state index in [1.807, 2.05) is 48.5 Å². The molecule has 0 saturated carbocycles. The summed E-state index contributed by atoms with van der Waals surface area (Å²) in [6.45, 7) is 4.62. The molecule has 0 amide bonds. The number of hydrogen-bond donors (Lipinski definition) is 1. The Morgan fingerprint density at radius 3 is 2.49 bits per heavy atom. The molecule has 4 rings (SSSR count). The molecule has 1 N–H and O–H groups in total. The van der Waals surface area contributed by atoms with Gasteiger partial charge < -0.3 is 19.5 Å². The van der Waals surface area contributed by atoms with Crippen LogP contribution in [0.4, 0.5) is 5.95 Å². The number of para-hydroxylation sites is 1. The summed E-state index contributed by atoms with van der Waals surface area (Å²) in [6, 6.07) is 14.8. The maximum atomic E-state index is 13.3. The molecule has 2 heterocycles. The van der Waals surface area contributed by atoms with Gasteiger partial charge in [-0.15, -0.1) is 0 Å². The zero-order chi connectivity index (χ0) is 23.9. The quantitative estimate of drug-likeness (QED) is 0.437. The number of anilines is 1. The first kappa shape index (κ1) is 27.0. The van der Waals surface area contributed by atoms with Crippen LogP contribution in [-0.4, -0.2) is 76.1 Å². The van der Waals surface area contributed by atoms with E-state index in [1.165, 1.54) is 6.42 Å². The second-order valence-electron chi connectivity index (χ2n) is 8.41. The average Bonchev–Trinajstić information content (AvgIpc) is 2.86. The monoisotopic (exact) mass is 489 g/mol. The second-order valence-corrected chi connectivity index (χ2v) is 8.41. The Bertz CT molecular complexity index is 1180. The van der Waals surface area contributed by atoms with Gasteiger partial charge in [-0.25, -0.2) is 9.78 Å². The number of nitrogens with zero attached hydrogens (tertiary/aromatic N) is 3. The van der Waals surface area contributed by atoms with Crippen LogP contribution in [0.2, 0.25) is 0 Å². The molecule has 0 aliphatic carbocycles. The van der Waals surface area contributed by atoms with E-state index < -0.39 is 12.1 Å². The fourth-order valence-corrected chi connectivity index (χ4v) is 4.30. The smallest absolute Gasteiger partial charge is 0.492 e. The molecule has 0 radical (unpaired) electrons. The van der Waals surface area contributed by atoms with Crippen LogP contribution >= 0.6 is 0 Å². The zero-order valence-electron chi connectivity index (χ0n) is 20.2. The van der Waals surface area contributed by atoms with E-state index in [4.69, 9.17) is 14.5 Å². The van der Waals surface area contributed by atoms with E-state index in [-0.39, 0.29) is 28.6 Å². The maximum absolute atomic E-state index is 13.3. The summed E-state index contributed by atoms with van der Waals surface area (Å²) in [5.74, 6) is 0.396. The van der Waals surface area contributed by atoms with Gasteiger partial charge in [0, 0.05) is 26.1 Å².